The van der Waals surface area contributed by atoms with E-state index >= 15 is 0 Å². The SMILES string of the molecule is Cc1noc(C)c1C(=O)N1CCC(Oc2cccnn2)CC1. The lowest BCUT2D eigenvalue weighted by atomic mass is 10.1. The highest BCUT2D eigenvalue weighted by Crippen LogP contribution is 2.20. The Balaban J connectivity index is 1.59. The summed E-state index contributed by atoms with van der Waals surface area (Å²) < 4.78 is 10.8. The third-order valence-corrected chi connectivity index (χ3v) is 3.81. The molecule has 0 bridgehead atoms. The molecule has 116 valence electrons. The Morgan fingerprint density at radius 2 is 2.14 bits per heavy atom. The van der Waals surface area contributed by atoms with Crippen LogP contribution in [0.1, 0.15) is 34.7 Å². The van der Waals surface area contributed by atoms with Crippen molar-refractivity contribution in [3.63, 3.8) is 0 Å². The first-order chi connectivity index (χ1) is 10.6. The van der Waals surface area contributed by atoms with Gasteiger partial charge in [0.1, 0.15) is 17.4 Å². The van der Waals surface area contributed by atoms with Gasteiger partial charge in [0.15, 0.2) is 0 Å². The second-order valence-corrected chi connectivity index (χ2v) is 5.37. The molecule has 0 aliphatic carbocycles. The molecular formula is C15H18N4O3. The Hall–Kier alpha value is -2.44. The van der Waals surface area contributed by atoms with Crippen LogP contribution in [-0.4, -0.2) is 45.4 Å². The van der Waals surface area contributed by atoms with Gasteiger partial charge in [0, 0.05) is 38.2 Å². The zero-order valence-corrected chi connectivity index (χ0v) is 12.7. The van der Waals surface area contributed by atoms with Crippen LogP contribution < -0.4 is 4.74 Å². The minimum atomic E-state index is -0.0193. The maximum atomic E-state index is 12.5. The van der Waals surface area contributed by atoms with E-state index in [1.165, 1.54) is 0 Å². The number of rotatable bonds is 3. The first-order valence-electron chi connectivity index (χ1n) is 7.31. The zero-order chi connectivity index (χ0) is 15.5. The van der Waals surface area contributed by atoms with Gasteiger partial charge in [-0.25, -0.2) is 0 Å². The highest BCUT2D eigenvalue weighted by atomic mass is 16.5. The van der Waals surface area contributed by atoms with Crippen molar-refractivity contribution in [2.24, 2.45) is 0 Å². The second kappa shape index (κ2) is 6.13. The van der Waals surface area contributed by atoms with Crippen LogP contribution >= 0.6 is 0 Å². The second-order valence-electron chi connectivity index (χ2n) is 5.37. The predicted molar refractivity (Wildman–Crippen MR) is 77.6 cm³/mol. The van der Waals surface area contributed by atoms with Crippen LogP contribution in [0.15, 0.2) is 22.9 Å². The van der Waals surface area contributed by atoms with Crippen LogP contribution in [0.3, 0.4) is 0 Å². The average Bonchev–Trinajstić information content (AvgIpc) is 2.87. The van der Waals surface area contributed by atoms with Gasteiger partial charge in [-0.2, -0.15) is 5.10 Å². The van der Waals surface area contributed by atoms with Crippen LogP contribution in [-0.2, 0) is 0 Å². The Kier molecular flexibility index (Phi) is 4.04. The molecule has 1 saturated heterocycles. The monoisotopic (exact) mass is 302 g/mol. The van der Waals surface area contributed by atoms with Crippen molar-refractivity contribution < 1.29 is 14.1 Å². The molecule has 0 N–H and O–H groups in total. The van der Waals surface area contributed by atoms with Crippen molar-refractivity contribution in [1.29, 1.82) is 0 Å². The number of aromatic nitrogens is 3. The lowest BCUT2D eigenvalue weighted by Crippen LogP contribution is -2.42. The molecule has 1 fully saturated rings. The summed E-state index contributed by atoms with van der Waals surface area (Å²) in [6.07, 6.45) is 3.21. The summed E-state index contributed by atoms with van der Waals surface area (Å²) in [6.45, 7) is 4.84. The molecule has 1 amide bonds. The van der Waals surface area contributed by atoms with Crippen LogP contribution in [0.5, 0.6) is 5.88 Å². The Bertz CT molecular complexity index is 629. The van der Waals surface area contributed by atoms with Crippen LogP contribution in [0.2, 0.25) is 0 Å². The standard InChI is InChI=1S/C15H18N4O3/c1-10-14(11(2)22-18-10)15(20)19-8-5-12(6-9-19)21-13-4-3-7-16-17-13/h3-4,7,12H,5-6,8-9H2,1-2H3. The van der Waals surface area contributed by atoms with Crippen LogP contribution in [0.4, 0.5) is 0 Å². The highest BCUT2D eigenvalue weighted by molar-refractivity contribution is 5.96. The topological polar surface area (TPSA) is 81.4 Å². The number of amides is 1. The Morgan fingerprint density at radius 1 is 1.36 bits per heavy atom. The van der Waals surface area contributed by atoms with Gasteiger partial charge in [-0.05, 0) is 19.9 Å². The predicted octanol–water partition coefficient (Wildman–Crippen LogP) is 1.77. The number of likely N-dealkylation sites (tertiary alicyclic amines) is 1. The molecule has 1 aliphatic heterocycles. The minimum Gasteiger partial charge on any atom is -0.473 e. The summed E-state index contributed by atoms with van der Waals surface area (Å²) in [6, 6.07) is 3.58. The highest BCUT2D eigenvalue weighted by Gasteiger charge is 2.28. The number of hydrogen-bond donors (Lipinski definition) is 0. The molecule has 2 aromatic rings. The summed E-state index contributed by atoms with van der Waals surface area (Å²) in [7, 11) is 0. The Labute approximate surface area is 128 Å². The van der Waals surface area contributed by atoms with Crippen molar-refractivity contribution in [2.45, 2.75) is 32.8 Å². The summed E-state index contributed by atoms with van der Waals surface area (Å²) in [5.74, 6) is 1.08. The first kappa shape index (κ1) is 14.5. The number of aryl methyl sites for hydroxylation is 2. The number of carbonyl (C=O) groups excluding carboxylic acids is 1. The quantitative estimate of drug-likeness (QED) is 0.859. The maximum Gasteiger partial charge on any atom is 0.259 e. The molecule has 7 heteroatoms. The fourth-order valence-electron chi connectivity index (χ4n) is 2.64. The number of nitrogens with zero attached hydrogens (tertiary/aromatic N) is 4. The molecule has 0 radical (unpaired) electrons. The van der Waals surface area contributed by atoms with E-state index in [0.717, 1.165) is 12.8 Å². The smallest absolute Gasteiger partial charge is 0.259 e. The average molecular weight is 302 g/mol. The minimum absolute atomic E-state index is 0.0193. The summed E-state index contributed by atoms with van der Waals surface area (Å²) in [4.78, 5) is 14.4. The van der Waals surface area contributed by atoms with Crippen molar-refractivity contribution in [3.05, 3.63) is 35.3 Å². The van der Waals surface area contributed by atoms with Gasteiger partial charge >= 0.3 is 0 Å². The molecule has 0 saturated carbocycles. The van der Waals surface area contributed by atoms with E-state index in [9.17, 15) is 4.79 Å². The lowest BCUT2D eigenvalue weighted by molar-refractivity contribution is 0.0584. The van der Waals surface area contributed by atoms with Gasteiger partial charge in [-0.15, -0.1) is 5.10 Å². The van der Waals surface area contributed by atoms with Gasteiger partial charge in [-0.3, -0.25) is 4.79 Å². The zero-order valence-electron chi connectivity index (χ0n) is 12.7. The first-order valence-corrected chi connectivity index (χ1v) is 7.31. The number of piperidine rings is 1. The third kappa shape index (κ3) is 2.93. The molecule has 3 heterocycles. The molecular weight excluding hydrogens is 284 g/mol. The number of hydrogen-bond acceptors (Lipinski definition) is 6. The van der Waals surface area contributed by atoms with Gasteiger partial charge < -0.3 is 14.2 Å². The van der Waals surface area contributed by atoms with E-state index in [-0.39, 0.29) is 12.0 Å². The fourth-order valence-corrected chi connectivity index (χ4v) is 2.64. The van der Waals surface area contributed by atoms with E-state index in [0.29, 0.717) is 36.0 Å². The van der Waals surface area contributed by atoms with Crippen molar-refractivity contribution in [1.82, 2.24) is 20.3 Å². The summed E-state index contributed by atoms with van der Waals surface area (Å²) in [5.41, 5.74) is 1.22. The van der Waals surface area contributed by atoms with Crippen molar-refractivity contribution in [2.75, 3.05) is 13.1 Å². The number of ether oxygens (including phenoxy) is 1. The third-order valence-electron chi connectivity index (χ3n) is 3.81. The van der Waals surface area contributed by atoms with Gasteiger partial charge in [-0.1, -0.05) is 5.16 Å². The van der Waals surface area contributed by atoms with Gasteiger partial charge in [0.05, 0.1) is 5.69 Å². The number of carbonyl (C=O) groups is 1. The van der Waals surface area contributed by atoms with E-state index in [2.05, 4.69) is 15.4 Å². The van der Waals surface area contributed by atoms with Crippen LogP contribution in [0.25, 0.3) is 0 Å². The summed E-state index contributed by atoms with van der Waals surface area (Å²) in [5, 5.41) is 11.5. The van der Waals surface area contributed by atoms with E-state index in [1.807, 2.05) is 4.90 Å². The molecule has 2 aromatic heterocycles. The Morgan fingerprint density at radius 3 is 2.73 bits per heavy atom. The molecule has 22 heavy (non-hydrogen) atoms. The van der Waals surface area contributed by atoms with E-state index in [1.54, 1.807) is 32.2 Å². The molecule has 1 aliphatic rings. The summed E-state index contributed by atoms with van der Waals surface area (Å²) >= 11 is 0. The van der Waals surface area contributed by atoms with Crippen molar-refractivity contribution >= 4 is 5.91 Å². The molecule has 0 aromatic carbocycles. The molecule has 0 unspecified atom stereocenters. The molecule has 7 nitrogen and oxygen atoms in total. The maximum absolute atomic E-state index is 12.5. The lowest BCUT2D eigenvalue weighted by Gasteiger charge is -2.31. The largest absolute Gasteiger partial charge is 0.473 e. The van der Waals surface area contributed by atoms with Gasteiger partial charge in [0.25, 0.3) is 5.91 Å². The van der Waals surface area contributed by atoms with E-state index in [4.69, 9.17) is 9.26 Å². The molecule has 0 atom stereocenters. The molecule has 0 spiro atoms. The van der Waals surface area contributed by atoms with E-state index < -0.39 is 0 Å². The van der Waals surface area contributed by atoms with Crippen LogP contribution in [0, 0.1) is 13.8 Å². The fraction of sp³-hybridized carbons (Fsp3) is 0.467. The normalized spacial score (nSPS) is 15.8. The van der Waals surface area contributed by atoms with Gasteiger partial charge in [0.2, 0.25) is 5.88 Å². The van der Waals surface area contributed by atoms with Crippen molar-refractivity contribution in [3.8, 4) is 5.88 Å². The molecule has 3 rings (SSSR count).